The highest BCUT2D eigenvalue weighted by molar-refractivity contribution is 5.43. The summed E-state index contributed by atoms with van der Waals surface area (Å²) in [5.74, 6) is 1.91. The molecule has 0 amide bonds. The molecule has 0 fully saturated rings. The van der Waals surface area contributed by atoms with E-state index < -0.39 is 0 Å². The monoisotopic (exact) mass is 326 g/mol. The van der Waals surface area contributed by atoms with Crippen LogP contribution in [0, 0.1) is 0 Å². The number of hydrogen-bond donors (Lipinski definition) is 2. The second kappa shape index (κ2) is 6.54. The Labute approximate surface area is 138 Å². The number of rotatable bonds is 5. The van der Waals surface area contributed by atoms with Crippen LogP contribution in [0.15, 0.2) is 53.3 Å². The van der Waals surface area contributed by atoms with E-state index in [0.29, 0.717) is 35.1 Å². The van der Waals surface area contributed by atoms with E-state index >= 15 is 0 Å². The molecule has 6 heteroatoms. The second-order valence-corrected chi connectivity index (χ2v) is 5.20. The maximum Gasteiger partial charge on any atom is 0.333 e. The van der Waals surface area contributed by atoms with E-state index in [1.54, 1.807) is 37.4 Å². The number of nitrogens with zero attached hydrogens (tertiary/aromatic N) is 1. The summed E-state index contributed by atoms with van der Waals surface area (Å²) in [6.07, 6.45) is 0.547. The highest BCUT2D eigenvalue weighted by Crippen LogP contribution is 2.26. The molecule has 2 N–H and O–H groups in total. The Kier molecular flexibility index (Phi) is 4.29. The fraction of sp³-hybridized carbons (Fsp3) is 0.167. The summed E-state index contributed by atoms with van der Waals surface area (Å²) in [7, 11) is 1.60. The van der Waals surface area contributed by atoms with Gasteiger partial charge >= 0.3 is 5.69 Å². The van der Waals surface area contributed by atoms with Crippen molar-refractivity contribution in [2.24, 2.45) is 0 Å². The van der Waals surface area contributed by atoms with Crippen LogP contribution in [0.25, 0.3) is 5.69 Å². The molecule has 3 rings (SSSR count). The van der Waals surface area contributed by atoms with E-state index in [2.05, 4.69) is 4.98 Å². The molecule has 0 saturated carbocycles. The van der Waals surface area contributed by atoms with Crippen molar-refractivity contribution < 1.29 is 14.6 Å². The molecule has 1 aromatic heterocycles. The van der Waals surface area contributed by atoms with Gasteiger partial charge in [0.2, 0.25) is 5.88 Å². The van der Waals surface area contributed by atoms with Gasteiger partial charge in [-0.1, -0.05) is 13.0 Å². The zero-order chi connectivity index (χ0) is 17.1. The molecular weight excluding hydrogens is 308 g/mol. The number of H-pyrrole nitrogens is 1. The van der Waals surface area contributed by atoms with Crippen molar-refractivity contribution >= 4 is 0 Å². The van der Waals surface area contributed by atoms with E-state index in [-0.39, 0.29) is 11.6 Å². The molecule has 0 aliphatic heterocycles. The summed E-state index contributed by atoms with van der Waals surface area (Å²) in [5, 5.41) is 10.1. The summed E-state index contributed by atoms with van der Waals surface area (Å²) in [6, 6.07) is 14.2. The average molecular weight is 326 g/mol. The van der Waals surface area contributed by atoms with Crippen LogP contribution in [0.4, 0.5) is 0 Å². The maximum atomic E-state index is 12.0. The average Bonchev–Trinajstić information content (AvgIpc) is 2.90. The number of aryl methyl sites for hydroxylation is 1. The van der Waals surface area contributed by atoms with E-state index in [4.69, 9.17) is 9.47 Å². The first kappa shape index (κ1) is 15.7. The number of aromatic hydroxyl groups is 1. The lowest BCUT2D eigenvalue weighted by atomic mass is 10.3. The number of nitrogens with one attached hydrogen (secondary N) is 1. The first-order chi connectivity index (χ1) is 11.6. The first-order valence-electron chi connectivity index (χ1n) is 7.57. The third-order valence-corrected chi connectivity index (χ3v) is 3.67. The van der Waals surface area contributed by atoms with Crippen molar-refractivity contribution in [2.45, 2.75) is 13.3 Å². The van der Waals surface area contributed by atoms with Gasteiger partial charge in [-0.25, -0.2) is 9.36 Å². The lowest BCUT2D eigenvalue weighted by Crippen LogP contribution is -2.14. The van der Waals surface area contributed by atoms with Gasteiger partial charge in [0.25, 0.3) is 0 Å². The van der Waals surface area contributed by atoms with Crippen LogP contribution in [0.1, 0.15) is 12.6 Å². The molecule has 24 heavy (non-hydrogen) atoms. The predicted molar refractivity (Wildman–Crippen MR) is 90.5 cm³/mol. The molecule has 1 heterocycles. The zero-order valence-corrected chi connectivity index (χ0v) is 13.4. The fourth-order valence-electron chi connectivity index (χ4n) is 2.42. The van der Waals surface area contributed by atoms with Crippen LogP contribution < -0.4 is 15.2 Å². The molecular formula is C18H18N2O4. The van der Waals surface area contributed by atoms with Crippen LogP contribution in [0.2, 0.25) is 0 Å². The van der Waals surface area contributed by atoms with Gasteiger partial charge in [-0.3, -0.25) is 0 Å². The number of methoxy groups -OCH3 is 1. The van der Waals surface area contributed by atoms with E-state index in [9.17, 15) is 9.90 Å². The van der Waals surface area contributed by atoms with Gasteiger partial charge in [0.05, 0.1) is 18.5 Å². The van der Waals surface area contributed by atoms with Crippen molar-refractivity contribution in [3.8, 4) is 28.8 Å². The molecule has 0 aliphatic carbocycles. The first-order valence-corrected chi connectivity index (χ1v) is 7.57. The Balaban J connectivity index is 1.86. The summed E-state index contributed by atoms with van der Waals surface area (Å²) >= 11 is 0. The lowest BCUT2D eigenvalue weighted by molar-refractivity contribution is 0.409. The zero-order valence-electron chi connectivity index (χ0n) is 13.4. The third-order valence-electron chi connectivity index (χ3n) is 3.67. The number of benzene rings is 2. The molecule has 0 saturated heterocycles. The van der Waals surface area contributed by atoms with Gasteiger partial charge < -0.3 is 19.6 Å². The van der Waals surface area contributed by atoms with Crippen LogP contribution in [-0.2, 0) is 6.42 Å². The van der Waals surface area contributed by atoms with E-state index in [0.717, 1.165) is 0 Å². The minimum absolute atomic E-state index is 0.0658. The molecule has 124 valence electrons. The number of imidazole rings is 1. The maximum absolute atomic E-state index is 12.0. The second-order valence-electron chi connectivity index (χ2n) is 5.20. The van der Waals surface area contributed by atoms with E-state index in [1.807, 2.05) is 25.1 Å². The topological polar surface area (TPSA) is 76.5 Å². The molecule has 6 nitrogen and oxygen atoms in total. The Hall–Kier alpha value is -3.15. The molecule has 0 unspecified atom stereocenters. The van der Waals surface area contributed by atoms with E-state index in [1.165, 1.54) is 4.57 Å². The number of aromatic nitrogens is 2. The van der Waals surface area contributed by atoms with Crippen LogP contribution in [-0.4, -0.2) is 21.8 Å². The van der Waals surface area contributed by atoms with Crippen molar-refractivity contribution in [3.05, 3.63) is 64.7 Å². The highest BCUT2D eigenvalue weighted by Gasteiger charge is 2.13. The minimum Gasteiger partial charge on any atom is -0.497 e. The van der Waals surface area contributed by atoms with Crippen molar-refractivity contribution in [3.63, 3.8) is 0 Å². The molecule has 2 aromatic carbocycles. The largest absolute Gasteiger partial charge is 0.497 e. The Morgan fingerprint density at radius 2 is 1.79 bits per heavy atom. The molecule has 0 spiro atoms. The van der Waals surface area contributed by atoms with Gasteiger partial charge in [-0.05, 0) is 42.8 Å². The normalized spacial score (nSPS) is 10.6. The quantitative estimate of drug-likeness (QED) is 0.755. The lowest BCUT2D eigenvalue weighted by Gasteiger charge is -2.09. The van der Waals surface area contributed by atoms with Gasteiger partial charge in [-0.15, -0.1) is 0 Å². The number of aromatic amines is 1. The van der Waals surface area contributed by atoms with Gasteiger partial charge in [-0.2, -0.15) is 0 Å². The summed E-state index contributed by atoms with van der Waals surface area (Å²) in [6.45, 7) is 1.86. The minimum atomic E-state index is -0.370. The van der Waals surface area contributed by atoms with Crippen LogP contribution in [0.3, 0.4) is 0 Å². The van der Waals surface area contributed by atoms with Gasteiger partial charge in [0.15, 0.2) is 0 Å². The SMILES string of the molecule is CCc1[nH]c(=O)n(-c2ccc(Oc3cccc(OC)c3)cc2)c1O. The summed E-state index contributed by atoms with van der Waals surface area (Å²) in [4.78, 5) is 14.6. The highest BCUT2D eigenvalue weighted by atomic mass is 16.5. The molecule has 0 atom stereocenters. The fourth-order valence-corrected chi connectivity index (χ4v) is 2.42. The van der Waals surface area contributed by atoms with Crippen LogP contribution >= 0.6 is 0 Å². The summed E-state index contributed by atoms with van der Waals surface area (Å²) < 4.78 is 12.2. The molecule has 0 radical (unpaired) electrons. The van der Waals surface area contributed by atoms with Crippen molar-refractivity contribution in [1.82, 2.24) is 9.55 Å². The van der Waals surface area contributed by atoms with Crippen LogP contribution in [0.5, 0.6) is 23.1 Å². The van der Waals surface area contributed by atoms with Gasteiger partial charge in [0, 0.05) is 6.07 Å². The number of ether oxygens (including phenoxy) is 2. The molecule has 0 aliphatic rings. The Morgan fingerprint density at radius 3 is 2.42 bits per heavy atom. The Bertz CT molecular complexity index is 894. The standard InChI is InChI=1S/C18H18N2O4/c1-3-16-17(21)20(18(22)19-16)12-7-9-13(10-8-12)24-15-6-4-5-14(11-15)23-2/h4-11,21H,3H2,1-2H3,(H,19,22). The number of hydrogen-bond acceptors (Lipinski definition) is 4. The molecule has 3 aromatic rings. The smallest absolute Gasteiger partial charge is 0.333 e. The summed E-state index contributed by atoms with van der Waals surface area (Å²) in [5.41, 5.74) is 0.703. The van der Waals surface area contributed by atoms with Crippen molar-refractivity contribution in [1.29, 1.82) is 0 Å². The van der Waals surface area contributed by atoms with Gasteiger partial charge in [0.1, 0.15) is 17.2 Å². The predicted octanol–water partition coefficient (Wildman–Crippen LogP) is 3.23. The Morgan fingerprint density at radius 1 is 1.08 bits per heavy atom. The third kappa shape index (κ3) is 2.99. The van der Waals surface area contributed by atoms with Crippen molar-refractivity contribution in [2.75, 3.05) is 7.11 Å². The molecule has 0 bridgehead atoms.